The van der Waals surface area contributed by atoms with Gasteiger partial charge < -0.3 is 51.2 Å². The van der Waals surface area contributed by atoms with Crippen LogP contribution in [0.3, 0.4) is 0 Å². The lowest BCUT2D eigenvalue weighted by molar-refractivity contribution is -0.143. The van der Waals surface area contributed by atoms with E-state index < -0.39 is 42.3 Å². The summed E-state index contributed by atoms with van der Waals surface area (Å²) in [6, 6.07) is 3.94. The second kappa shape index (κ2) is 26.7. The highest BCUT2D eigenvalue weighted by molar-refractivity contribution is 5.95. The van der Waals surface area contributed by atoms with E-state index in [0.29, 0.717) is 50.6 Å². The van der Waals surface area contributed by atoms with E-state index >= 15 is 0 Å². The molecule has 0 aromatic heterocycles. The van der Waals surface area contributed by atoms with E-state index in [-0.39, 0.29) is 78.7 Å². The van der Waals surface area contributed by atoms with Crippen LogP contribution in [-0.2, 0) is 44.7 Å². The number of hydrogen-bond donors (Lipinski definition) is 6. The summed E-state index contributed by atoms with van der Waals surface area (Å²) in [5.41, 5.74) is 2.07. The molecule has 12 atom stereocenters. The summed E-state index contributed by atoms with van der Waals surface area (Å²) < 4.78 is 12.8. The number of carbonyl (C=O) groups is 6. The minimum atomic E-state index is -0.673. The molecule has 7 aliphatic rings. The van der Waals surface area contributed by atoms with Gasteiger partial charge in [-0.2, -0.15) is 0 Å². The molecule has 2 saturated heterocycles. The molecule has 74 heavy (non-hydrogen) atoms. The van der Waals surface area contributed by atoms with Crippen LogP contribution in [0.25, 0.3) is 0 Å². The molecule has 2 unspecified atom stereocenters. The number of fused-ring (bicyclic) bond motifs is 2. The topological polar surface area (TPSA) is 200 Å². The monoisotopic (exact) mass is 1020 g/mol. The van der Waals surface area contributed by atoms with Crippen LogP contribution in [0, 0.1) is 47.4 Å². The highest BCUT2D eigenvalue weighted by atomic mass is 16.5. The van der Waals surface area contributed by atoms with Crippen molar-refractivity contribution in [2.45, 2.75) is 203 Å². The number of likely N-dealkylation sites (tertiary alicyclic amines) is 2. The van der Waals surface area contributed by atoms with Crippen molar-refractivity contribution in [2.75, 3.05) is 40.4 Å². The summed E-state index contributed by atoms with van der Waals surface area (Å²) in [6.45, 7) is 4.78. The van der Waals surface area contributed by atoms with Crippen molar-refractivity contribution in [3.8, 4) is 23.7 Å². The van der Waals surface area contributed by atoms with Crippen LogP contribution in [0.1, 0.15) is 153 Å². The molecular formula is C58H84N8O8. The molecule has 6 fully saturated rings. The second-order valence-electron chi connectivity index (χ2n) is 22.3. The summed E-state index contributed by atoms with van der Waals surface area (Å²) in [4.78, 5) is 86.8. The van der Waals surface area contributed by atoms with Crippen molar-refractivity contribution in [1.82, 2.24) is 41.7 Å². The zero-order valence-corrected chi connectivity index (χ0v) is 44.5. The van der Waals surface area contributed by atoms with E-state index in [1.165, 1.54) is 0 Å². The maximum Gasteiger partial charge on any atom is 0.246 e. The third kappa shape index (κ3) is 13.3. The molecule has 2 heterocycles. The fraction of sp³-hybridized carbons (Fsp3) is 0.724. The number of rotatable bonds is 18. The predicted molar refractivity (Wildman–Crippen MR) is 282 cm³/mol. The van der Waals surface area contributed by atoms with Crippen LogP contribution in [-0.4, -0.2) is 140 Å². The van der Waals surface area contributed by atoms with Gasteiger partial charge in [0.2, 0.25) is 35.4 Å². The molecule has 404 valence electrons. The number of nitrogens with zero attached hydrogens (tertiary/aromatic N) is 2. The van der Waals surface area contributed by atoms with Crippen molar-refractivity contribution in [3.05, 3.63) is 35.4 Å². The molecule has 1 aromatic rings. The first kappa shape index (κ1) is 55.2. The second-order valence-corrected chi connectivity index (χ2v) is 22.3. The Hall–Kier alpha value is -5.00. The standard InChI is InChI=1S/C58H84N8O8/c1-37(59-3)53(67)61-49(39-21-9-7-10-22-39)57(71)65-31-19-29-45(65)55(69)63-51-43-27-15-13-25-41(43)35-47(51)73-33-17-5-6-18-34-74-48-36-42-26-14-16-28-44(42)52(48)64-56(70)46-30-20-32-66(46)58(72)50(40-23-11-8-12-24-40)62-54(68)38(2)60-4/h13,15,25,27,37-40,42,44-52,59-60H,7-12,14,16,19-24,26,28-36H2,1-4H3,(H,61,67)(H,62,68)(H,63,69)(H,64,70)/t37-,38-,42?,44?,45-,46-,47+,48+,49-,50-,51-,52-/m0/s1. The lowest BCUT2D eigenvalue weighted by atomic mass is 9.80. The van der Waals surface area contributed by atoms with Crippen LogP contribution in [0.2, 0.25) is 0 Å². The maximum absolute atomic E-state index is 14.4. The fourth-order valence-electron chi connectivity index (χ4n) is 13.4. The Morgan fingerprint density at radius 1 is 0.608 bits per heavy atom. The van der Waals surface area contributed by atoms with Crippen molar-refractivity contribution < 1.29 is 38.2 Å². The molecule has 8 rings (SSSR count). The molecule has 1 aromatic carbocycles. The summed E-state index contributed by atoms with van der Waals surface area (Å²) in [5.74, 6) is 11.7. The summed E-state index contributed by atoms with van der Waals surface area (Å²) in [6.07, 6.45) is 17.7. The SMILES string of the molecule is CN[C@@H](C)C(=O)N[C@H](C(=O)N1CCC[C@H]1C(=O)N[C@H]1c2ccccc2C[C@H]1OCC#CC#CCO[C@@H]1CC2CCCCC2[C@@H]1NC(=O)[C@@H]1CCCN1C(=O)[C@@H](NC(=O)[C@H](C)NC)C1CCCCC1)C1CCCCC1. The Kier molecular flexibility index (Phi) is 19.9. The van der Waals surface area contributed by atoms with Crippen molar-refractivity contribution in [1.29, 1.82) is 0 Å². The van der Waals surface area contributed by atoms with Gasteiger partial charge in [0, 0.05) is 19.5 Å². The first-order chi connectivity index (χ1) is 36.0. The number of hydrogen-bond acceptors (Lipinski definition) is 10. The number of nitrogens with one attached hydrogen (secondary N) is 6. The maximum atomic E-state index is 14.4. The van der Waals surface area contributed by atoms with Gasteiger partial charge in [0.15, 0.2) is 0 Å². The molecule has 6 amide bonds. The lowest BCUT2D eigenvalue weighted by Gasteiger charge is -2.36. The van der Waals surface area contributed by atoms with Gasteiger partial charge in [-0.15, -0.1) is 0 Å². The van der Waals surface area contributed by atoms with Crippen molar-refractivity contribution in [2.24, 2.45) is 23.7 Å². The summed E-state index contributed by atoms with van der Waals surface area (Å²) >= 11 is 0. The first-order valence-electron chi connectivity index (χ1n) is 28.4. The number of benzene rings is 1. The zero-order valence-electron chi connectivity index (χ0n) is 44.5. The van der Waals surface area contributed by atoms with Gasteiger partial charge >= 0.3 is 0 Å². The normalized spacial score (nSPS) is 28.5. The Labute approximate surface area is 439 Å². The Bertz CT molecular complexity index is 2260. The van der Waals surface area contributed by atoms with Crippen LogP contribution < -0.4 is 31.9 Å². The van der Waals surface area contributed by atoms with Gasteiger partial charge in [-0.1, -0.05) is 93.9 Å². The van der Waals surface area contributed by atoms with Gasteiger partial charge in [0.05, 0.1) is 36.4 Å². The van der Waals surface area contributed by atoms with E-state index in [4.69, 9.17) is 9.47 Å². The number of amides is 6. The van der Waals surface area contributed by atoms with Crippen molar-refractivity contribution >= 4 is 35.4 Å². The van der Waals surface area contributed by atoms with Gasteiger partial charge in [0.1, 0.15) is 37.4 Å². The minimum absolute atomic E-state index is 0.0321. The van der Waals surface area contributed by atoms with Gasteiger partial charge in [-0.05, 0) is 139 Å². The average Bonchev–Trinajstić information content (AvgIpc) is 4.26. The minimum Gasteiger partial charge on any atom is -0.363 e. The average molecular weight is 1020 g/mol. The van der Waals surface area contributed by atoms with Crippen LogP contribution in [0.4, 0.5) is 0 Å². The molecule has 2 aliphatic heterocycles. The summed E-state index contributed by atoms with van der Waals surface area (Å²) in [7, 11) is 3.46. The molecular weight excluding hydrogens is 937 g/mol. The Balaban J connectivity index is 0.853. The highest BCUT2D eigenvalue weighted by Crippen LogP contribution is 2.44. The van der Waals surface area contributed by atoms with E-state index in [2.05, 4.69) is 55.6 Å². The Morgan fingerprint density at radius 2 is 1.11 bits per heavy atom. The number of likely N-dealkylation sites (N-methyl/N-ethyl adjacent to an activating group) is 2. The van der Waals surface area contributed by atoms with E-state index in [1.807, 2.05) is 24.3 Å². The zero-order chi connectivity index (χ0) is 52.1. The Morgan fingerprint density at radius 3 is 1.66 bits per heavy atom. The third-order valence-electron chi connectivity index (χ3n) is 17.8. The molecule has 4 saturated carbocycles. The summed E-state index contributed by atoms with van der Waals surface area (Å²) in [5, 5.41) is 18.8. The van der Waals surface area contributed by atoms with E-state index in [1.54, 1.807) is 37.7 Å². The van der Waals surface area contributed by atoms with Gasteiger partial charge in [-0.25, -0.2) is 0 Å². The van der Waals surface area contributed by atoms with Gasteiger partial charge in [0.25, 0.3) is 0 Å². The fourth-order valence-corrected chi connectivity index (χ4v) is 13.4. The number of carbonyl (C=O) groups excluding carboxylic acids is 6. The van der Waals surface area contributed by atoms with Gasteiger partial charge in [-0.3, -0.25) is 28.8 Å². The van der Waals surface area contributed by atoms with E-state index in [0.717, 1.165) is 114 Å². The first-order valence-corrected chi connectivity index (χ1v) is 28.4. The molecule has 16 nitrogen and oxygen atoms in total. The molecule has 0 bridgehead atoms. The molecule has 6 N–H and O–H groups in total. The quantitative estimate of drug-likeness (QED) is 0.116. The largest absolute Gasteiger partial charge is 0.363 e. The van der Waals surface area contributed by atoms with Crippen LogP contribution in [0.15, 0.2) is 24.3 Å². The molecule has 5 aliphatic carbocycles. The van der Waals surface area contributed by atoms with Crippen molar-refractivity contribution in [3.63, 3.8) is 0 Å². The van der Waals surface area contributed by atoms with Crippen LogP contribution >= 0.6 is 0 Å². The van der Waals surface area contributed by atoms with E-state index in [9.17, 15) is 28.8 Å². The molecule has 16 heteroatoms. The van der Waals surface area contributed by atoms with Crippen LogP contribution in [0.5, 0.6) is 0 Å². The third-order valence-corrected chi connectivity index (χ3v) is 17.8. The smallest absolute Gasteiger partial charge is 0.246 e. The molecule has 0 radical (unpaired) electrons. The number of ether oxygens (including phenoxy) is 2. The lowest BCUT2D eigenvalue weighted by Crippen LogP contribution is -2.59. The molecule has 0 spiro atoms. The predicted octanol–water partition coefficient (Wildman–Crippen LogP) is 4.20. The highest BCUT2D eigenvalue weighted by Gasteiger charge is 2.48.